The van der Waals surface area contributed by atoms with Crippen molar-refractivity contribution in [2.75, 3.05) is 13.6 Å². The van der Waals surface area contributed by atoms with Crippen molar-refractivity contribution < 1.29 is 4.39 Å². The summed E-state index contributed by atoms with van der Waals surface area (Å²) in [5.41, 5.74) is 6.45. The first-order valence-electron chi connectivity index (χ1n) is 5.82. The molecule has 2 N–H and O–H groups in total. The van der Waals surface area contributed by atoms with E-state index in [0.29, 0.717) is 17.7 Å². The maximum absolute atomic E-state index is 14.0. The fourth-order valence-corrected chi connectivity index (χ4v) is 1.85. The van der Waals surface area contributed by atoms with Crippen molar-refractivity contribution >= 4 is 17.2 Å². The van der Waals surface area contributed by atoms with Crippen molar-refractivity contribution in [3.63, 3.8) is 0 Å². The van der Waals surface area contributed by atoms with Crippen molar-refractivity contribution in [1.29, 1.82) is 0 Å². The van der Waals surface area contributed by atoms with Gasteiger partial charge in [0, 0.05) is 17.7 Å². The van der Waals surface area contributed by atoms with Crippen LogP contribution >= 0.6 is 12.2 Å². The van der Waals surface area contributed by atoms with Crippen molar-refractivity contribution in [3.8, 4) is 0 Å². The number of hydrogen-bond donors (Lipinski definition) is 1. The summed E-state index contributed by atoms with van der Waals surface area (Å²) in [6, 6.07) is 5.19. The molecule has 0 spiro atoms. The number of rotatable bonds is 6. The second kappa shape index (κ2) is 6.67. The normalized spacial score (nSPS) is 10.8. The summed E-state index contributed by atoms with van der Waals surface area (Å²) in [5, 5.41) is 0. The van der Waals surface area contributed by atoms with Gasteiger partial charge in [0.25, 0.3) is 0 Å². The molecule has 0 amide bonds. The molecule has 0 aliphatic carbocycles. The number of thiocarbonyl (C=S) groups is 1. The fraction of sp³-hybridized carbons (Fsp3) is 0.462. The van der Waals surface area contributed by atoms with Gasteiger partial charge in [0.05, 0.1) is 0 Å². The Labute approximate surface area is 108 Å². The molecule has 2 nitrogen and oxygen atoms in total. The molecule has 0 aliphatic rings. The maximum atomic E-state index is 14.0. The second-order valence-corrected chi connectivity index (χ2v) is 4.67. The van der Waals surface area contributed by atoms with E-state index in [2.05, 4.69) is 11.8 Å². The van der Waals surface area contributed by atoms with Crippen LogP contribution in [0.5, 0.6) is 0 Å². The summed E-state index contributed by atoms with van der Waals surface area (Å²) in [5.74, 6) is -0.289. The maximum Gasteiger partial charge on any atom is 0.137 e. The molecule has 0 fully saturated rings. The highest BCUT2D eigenvalue weighted by Gasteiger charge is 2.11. The first kappa shape index (κ1) is 14.1. The van der Waals surface area contributed by atoms with Crippen LogP contribution in [0.25, 0.3) is 0 Å². The SMILES string of the molecule is CCCCN(C)Cc1cccc(C(N)=S)c1F. The monoisotopic (exact) mass is 254 g/mol. The van der Waals surface area contributed by atoms with Crippen LogP contribution in [0.4, 0.5) is 4.39 Å². The van der Waals surface area contributed by atoms with Crippen molar-refractivity contribution in [3.05, 3.63) is 35.1 Å². The van der Waals surface area contributed by atoms with E-state index in [1.165, 1.54) is 0 Å². The summed E-state index contributed by atoms with van der Waals surface area (Å²) in [7, 11) is 1.99. The quantitative estimate of drug-likeness (QED) is 0.791. The molecule has 0 radical (unpaired) electrons. The van der Waals surface area contributed by atoms with Crippen LogP contribution in [0.2, 0.25) is 0 Å². The van der Waals surface area contributed by atoms with Crippen molar-refractivity contribution in [2.24, 2.45) is 5.73 Å². The molecule has 94 valence electrons. The smallest absolute Gasteiger partial charge is 0.137 e. The summed E-state index contributed by atoms with van der Waals surface area (Å²) < 4.78 is 14.0. The molecule has 0 atom stereocenters. The molecule has 4 heteroatoms. The molecular formula is C13H19FN2S. The number of nitrogens with zero attached hydrogens (tertiary/aromatic N) is 1. The van der Waals surface area contributed by atoms with Gasteiger partial charge in [-0.25, -0.2) is 4.39 Å². The van der Waals surface area contributed by atoms with Gasteiger partial charge in [-0.15, -0.1) is 0 Å². The Balaban J connectivity index is 2.77. The van der Waals surface area contributed by atoms with Gasteiger partial charge in [0.1, 0.15) is 10.8 Å². The first-order chi connectivity index (χ1) is 8.06. The topological polar surface area (TPSA) is 29.3 Å². The lowest BCUT2D eigenvalue weighted by Gasteiger charge is -2.17. The Kier molecular flexibility index (Phi) is 5.51. The van der Waals surface area contributed by atoms with Gasteiger partial charge in [-0.2, -0.15) is 0 Å². The van der Waals surface area contributed by atoms with Gasteiger partial charge >= 0.3 is 0 Å². The van der Waals surface area contributed by atoms with Crippen LogP contribution in [0.3, 0.4) is 0 Å². The van der Waals surface area contributed by atoms with Crippen LogP contribution in [-0.4, -0.2) is 23.5 Å². The van der Waals surface area contributed by atoms with E-state index in [9.17, 15) is 4.39 Å². The molecule has 0 aromatic heterocycles. The Morgan fingerprint density at radius 2 is 2.18 bits per heavy atom. The van der Waals surface area contributed by atoms with Crippen LogP contribution < -0.4 is 5.73 Å². The van der Waals surface area contributed by atoms with Gasteiger partial charge in [-0.3, -0.25) is 0 Å². The largest absolute Gasteiger partial charge is 0.389 e. The number of hydrogen-bond acceptors (Lipinski definition) is 2. The van der Waals surface area contributed by atoms with Crippen LogP contribution in [-0.2, 0) is 6.54 Å². The Bertz CT molecular complexity index is 393. The van der Waals surface area contributed by atoms with Crippen LogP contribution in [0.15, 0.2) is 18.2 Å². The predicted octanol–water partition coefficient (Wildman–Crippen LogP) is 2.69. The lowest BCUT2D eigenvalue weighted by molar-refractivity contribution is 0.315. The van der Waals surface area contributed by atoms with E-state index in [1.807, 2.05) is 7.05 Å². The molecule has 0 heterocycles. The molecular weight excluding hydrogens is 235 g/mol. The number of halogens is 1. The lowest BCUT2D eigenvalue weighted by Crippen LogP contribution is -2.21. The number of benzene rings is 1. The van der Waals surface area contributed by atoms with E-state index >= 15 is 0 Å². The highest BCUT2D eigenvalue weighted by molar-refractivity contribution is 7.80. The molecule has 1 aromatic carbocycles. The minimum atomic E-state index is -0.289. The molecule has 0 unspecified atom stereocenters. The van der Waals surface area contributed by atoms with Gasteiger partial charge in [-0.05, 0) is 26.1 Å². The molecule has 17 heavy (non-hydrogen) atoms. The Morgan fingerprint density at radius 1 is 1.47 bits per heavy atom. The van der Waals surface area contributed by atoms with E-state index < -0.39 is 0 Å². The summed E-state index contributed by atoms with van der Waals surface area (Å²) in [4.78, 5) is 2.21. The zero-order valence-electron chi connectivity index (χ0n) is 10.4. The first-order valence-corrected chi connectivity index (χ1v) is 6.22. The van der Waals surface area contributed by atoms with E-state index in [1.54, 1.807) is 18.2 Å². The summed E-state index contributed by atoms with van der Waals surface area (Å²) in [6.07, 6.45) is 2.26. The molecule has 0 saturated heterocycles. The van der Waals surface area contributed by atoms with Crippen LogP contribution in [0, 0.1) is 5.82 Å². The highest BCUT2D eigenvalue weighted by Crippen LogP contribution is 2.14. The molecule has 0 bridgehead atoms. The van der Waals surface area contributed by atoms with Crippen molar-refractivity contribution in [1.82, 2.24) is 4.90 Å². The van der Waals surface area contributed by atoms with Gasteiger partial charge < -0.3 is 10.6 Å². The Hall–Kier alpha value is -1.00. The molecule has 1 aromatic rings. The third-order valence-corrected chi connectivity index (χ3v) is 2.90. The second-order valence-electron chi connectivity index (χ2n) is 4.23. The molecule has 1 rings (SSSR count). The average Bonchev–Trinajstić information content (AvgIpc) is 2.28. The third-order valence-electron chi connectivity index (χ3n) is 2.68. The van der Waals surface area contributed by atoms with Gasteiger partial charge in [-0.1, -0.05) is 37.7 Å². The zero-order chi connectivity index (χ0) is 12.8. The number of nitrogens with two attached hydrogens (primary N) is 1. The Morgan fingerprint density at radius 3 is 2.76 bits per heavy atom. The fourth-order valence-electron chi connectivity index (χ4n) is 1.69. The number of unbranched alkanes of at least 4 members (excludes halogenated alkanes) is 1. The third kappa shape index (κ3) is 4.06. The zero-order valence-corrected chi connectivity index (χ0v) is 11.2. The molecule has 0 aliphatic heterocycles. The van der Waals surface area contributed by atoms with Crippen molar-refractivity contribution in [2.45, 2.75) is 26.3 Å². The van der Waals surface area contributed by atoms with Gasteiger partial charge in [0.15, 0.2) is 0 Å². The van der Waals surface area contributed by atoms with E-state index in [4.69, 9.17) is 18.0 Å². The minimum absolute atomic E-state index is 0.112. The van der Waals surface area contributed by atoms with E-state index in [0.717, 1.165) is 19.4 Å². The highest BCUT2D eigenvalue weighted by atomic mass is 32.1. The lowest BCUT2D eigenvalue weighted by atomic mass is 10.1. The minimum Gasteiger partial charge on any atom is -0.389 e. The standard InChI is InChI=1S/C13H19FN2S/c1-3-4-8-16(2)9-10-6-5-7-11(12(10)14)13(15)17/h5-7H,3-4,8-9H2,1-2H3,(H2,15,17). The molecule has 0 saturated carbocycles. The predicted molar refractivity (Wildman–Crippen MR) is 73.5 cm³/mol. The summed E-state index contributed by atoms with van der Waals surface area (Å²) >= 11 is 4.82. The van der Waals surface area contributed by atoms with Gasteiger partial charge in [0.2, 0.25) is 0 Å². The average molecular weight is 254 g/mol. The summed E-state index contributed by atoms with van der Waals surface area (Å²) in [6.45, 7) is 3.69. The van der Waals surface area contributed by atoms with Crippen LogP contribution in [0.1, 0.15) is 30.9 Å². The van der Waals surface area contributed by atoms with E-state index in [-0.39, 0.29) is 10.8 Å².